The van der Waals surface area contributed by atoms with E-state index in [1.807, 2.05) is 13.8 Å². The van der Waals surface area contributed by atoms with Crippen molar-refractivity contribution in [2.45, 2.75) is 31.3 Å². The zero-order chi connectivity index (χ0) is 13.3. The summed E-state index contributed by atoms with van der Waals surface area (Å²) in [6.07, 6.45) is 0. The van der Waals surface area contributed by atoms with Crippen LogP contribution in [0.4, 0.5) is 0 Å². The molecule has 0 saturated carbocycles. The van der Waals surface area contributed by atoms with Gasteiger partial charge in [-0.3, -0.25) is 0 Å². The molecule has 0 amide bonds. The highest BCUT2D eigenvalue weighted by Gasteiger charge is 2.33. The molecule has 1 aliphatic heterocycles. The number of nitrogens with two attached hydrogens (primary N) is 1. The van der Waals surface area contributed by atoms with Crippen molar-refractivity contribution in [1.29, 1.82) is 0 Å². The van der Waals surface area contributed by atoms with Crippen LogP contribution in [-0.4, -0.2) is 38.5 Å². The van der Waals surface area contributed by atoms with E-state index in [0.29, 0.717) is 31.2 Å². The summed E-state index contributed by atoms with van der Waals surface area (Å²) in [5, 5.41) is 0. The van der Waals surface area contributed by atoms with Gasteiger partial charge in [-0.25, -0.2) is 8.42 Å². The number of morpholine rings is 1. The molecule has 2 heterocycles. The lowest BCUT2D eigenvalue weighted by atomic mass is 10.3. The second kappa shape index (κ2) is 5.26. The Morgan fingerprint density at radius 2 is 2.33 bits per heavy atom. The number of rotatable bonds is 3. The Balaban J connectivity index is 2.37. The Morgan fingerprint density at radius 3 is 2.89 bits per heavy atom. The Kier molecular flexibility index (Phi) is 4.08. The van der Waals surface area contributed by atoms with Crippen molar-refractivity contribution in [3.63, 3.8) is 0 Å². The van der Waals surface area contributed by atoms with Crippen LogP contribution < -0.4 is 5.73 Å². The molecule has 18 heavy (non-hydrogen) atoms. The normalized spacial score (nSPS) is 22.3. The molecule has 1 fully saturated rings. The van der Waals surface area contributed by atoms with E-state index in [2.05, 4.69) is 0 Å². The third-order valence-corrected chi connectivity index (χ3v) is 6.36. The van der Waals surface area contributed by atoms with E-state index in [1.165, 1.54) is 15.6 Å². The van der Waals surface area contributed by atoms with Gasteiger partial charge >= 0.3 is 0 Å². The molecule has 1 saturated heterocycles. The summed E-state index contributed by atoms with van der Waals surface area (Å²) in [6.45, 7) is 5.38. The summed E-state index contributed by atoms with van der Waals surface area (Å²) in [5.74, 6) is 0. The van der Waals surface area contributed by atoms with Gasteiger partial charge in [-0.1, -0.05) is 0 Å². The van der Waals surface area contributed by atoms with E-state index in [4.69, 9.17) is 10.5 Å². The quantitative estimate of drug-likeness (QED) is 0.898. The molecular weight excluding hydrogens is 272 g/mol. The van der Waals surface area contributed by atoms with Crippen LogP contribution in [-0.2, 0) is 21.3 Å². The summed E-state index contributed by atoms with van der Waals surface area (Å²) in [7, 11) is -3.42. The molecule has 1 unspecified atom stereocenters. The fourth-order valence-corrected chi connectivity index (χ4v) is 5.16. The largest absolute Gasteiger partial charge is 0.378 e. The van der Waals surface area contributed by atoms with Gasteiger partial charge < -0.3 is 10.5 Å². The third-order valence-electron chi connectivity index (χ3n) is 3.02. The lowest BCUT2D eigenvalue weighted by Crippen LogP contribution is -2.46. The van der Waals surface area contributed by atoms with Crippen molar-refractivity contribution in [1.82, 2.24) is 4.31 Å². The fraction of sp³-hybridized carbons (Fsp3) is 0.636. The average molecular weight is 290 g/mol. The van der Waals surface area contributed by atoms with Crippen molar-refractivity contribution in [3.05, 3.63) is 15.8 Å². The number of sulfonamides is 1. The highest BCUT2D eigenvalue weighted by Crippen LogP contribution is 2.29. The Bertz CT molecular complexity index is 524. The zero-order valence-electron chi connectivity index (χ0n) is 10.5. The molecule has 7 heteroatoms. The molecular formula is C11H18N2O3S2. The predicted molar refractivity (Wildman–Crippen MR) is 71.1 cm³/mol. The zero-order valence-corrected chi connectivity index (χ0v) is 12.2. The third kappa shape index (κ3) is 2.46. The van der Waals surface area contributed by atoms with E-state index < -0.39 is 10.0 Å². The van der Waals surface area contributed by atoms with Gasteiger partial charge in [0.1, 0.15) is 0 Å². The number of nitrogens with zero attached hydrogens (tertiary/aromatic N) is 1. The minimum absolute atomic E-state index is 0.121. The van der Waals surface area contributed by atoms with Crippen LogP contribution in [0, 0.1) is 6.92 Å². The first-order valence-corrected chi connectivity index (χ1v) is 8.11. The minimum Gasteiger partial charge on any atom is -0.378 e. The highest BCUT2D eigenvalue weighted by molar-refractivity contribution is 7.89. The smallest absolute Gasteiger partial charge is 0.244 e. The minimum atomic E-state index is -3.42. The van der Waals surface area contributed by atoms with E-state index in [9.17, 15) is 8.42 Å². The number of aryl methyl sites for hydroxylation is 1. The van der Waals surface area contributed by atoms with E-state index in [-0.39, 0.29) is 6.04 Å². The first kappa shape index (κ1) is 14.0. The highest BCUT2D eigenvalue weighted by atomic mass is 32.2. The summed E-state index contributed by atoms with van der Waals surface area (Å²) < 4.78 is 32.0. The summed E-state index contributed by atoms with van der Waals surface area (Å²) in [5.41, 5.74) is 5.56. The first-order valence-electron chi connectivity index (χ1n) is 5.85. The topological polar surface area (TPSA) is 72.6 Å². The van der Waals surface area contributed by atoms with E-state index in [1.54, 1.807) is 6.07 Å². The van der Waals surface area contributed by atoms with E-state index >= 15 is 0 Å². The van der Waals surface area contributed by atoms with Crippen molar-refractivity contribution >= 4 is 21.4 Å². The van der Waals surface area contributed by atoms with Crippen molar-refractivity contribution in [2.24, 2.45) is 5.73 Å². The lowest BCUT2D eigenvalue weighted by molar-refractivity contribution is 0.0392. The molecule has 0 bridgehead atoms. The fourth-order valence-electron chi connectivity index (χ4n) is 2.08. The predicted octanol–water partition coefficient (Wildman–Crippen LogP) is 0.925. The molecule has 0 spiro atoms. The van der Waals surface area contributed by atoms with Crippen molar-refractivity contribution in [3.8, 4) is 0 Å². The average Bonchev–Trinajstić information content (AvgIpc) is 2.71. The Hall–Kier alpha value is -0.470. The van der Waals surface area contributed by atoms with E-state index in [0.717, 1.165) is 9.75 Å². The molecule has 1 aromatic heterocycles. The van der Waals surface area contributed by atoms with Gasteiger partial charge in [0.05, 0.1) is 18.1 Å². The van der Waals surface area contributed by atoms with Crippen LogP contribution in [0.1, 0.15) is 16.7 Å². The van der Waals surface area contributed by atoms with Gasteiger partial charge in [-0.05, 0) is 19.9 Å². The maximum Gasteiger partial charge on any atom is 0.244 e. The molecule has 1 atom stereocenters. The number of thiophene rings is 1. The van der Waals surface area contributed by atoms with Gasteiger partial charge in [0.15, 0.2) is 0 Å². The van der Waals surface area contributed by atoms with Gasteiger partial charge in [0.2, 0.25) is 10.0 Å². The van der Waals surface area contributed by atoms with Crippen LogP contribution in [0.5, 0.6) is 0 Å². The maximum absolute atomic E-state index is 12.6. The van der Waals surface area contributed by atoms with Crippen LogP contribution >= 0.6 is 11.3 Å². The molecule has 5 nitrogen and oxygen atoms in total. The van der Waals surface area contributed by atoms with Gasteiger partial charge in [-0.15, -0.1) is 11.3 Å². The molecule has 0 radical (unpaired) electrons. The molecule has 2 rings (SSSR count). The molecule has 102 valence electrons. The Morgan fingerprint density at radius 1 is 1.61 bits per heavy atom. The second-order valence-electron chi connectivity index (χ2n) is 4.38. The number of ether oxygens (including phenoxy) is 1. The molecule has 1 aromatic rings. The molecule has 2 N–H and O–H groups in total. The van der Waals surface area contributed by atoms with Crippen LogP contribution in [0.15, 0.2) is 11.0 Å². The van der Waals surface area contributed by atoms with Gasteiger partial charge in [0, 0.05) is 28.9 Å². The second-order valence-corrected chi connectivity index (χ2v) is 7.58. The van der Waals surface area contributed by atoms with Gasteiger partial charge in [-0.2, -0.15) is 4.31 Å². The maximum atomic E-state index is 12.6. The van der Waals surface area contributed by atoms with Crippen LogP contribution in [0.25, 0.3) is 0 Å². The molecule has 0 aliphatic carbocycles. The van der Waals surface area contributed by atoms with Crippen LogP contribution in [0.3, 0.4) is 0 Å². The number of hydrogen-bond acceptors (Lipinski definition) is 5. The number of hydrogen-bond donors (Lipinski definition) is 1. The van der Waals surface area contributed by atoms with Crippen molar-refractivity contribution < 1.29 is 13.2 Å². The Labute approximate surface area is 112 Å². The summed E-state index contributed by atoms with van der Waals surface area (Å²) >= 11 is 1.44. The molecule has 0 aromatic carbocycles. The summed E-state index contributed by atoms with van der Waals surface area (Å²) in [4.78, 5) is 2.09. The van der Waals surface area contributed by atoms with Crippen LogP contribution in [0.2, 0.25) is 0 Å². The SMILES string of the molecule is Cc1sc(CN)cc1S(=O)(=O)N1CCOCC1C. The first-order chi connectivity index (χ1) is 8.46. The standard InChI is InChI=1S/C11H18N2O3S2/c1-8-7-16-4-3-13(8)18(14,15)11-5-10(6-12)17-9(11)2/h5,8H,3-4,6-7,12H2,1-2H3. The van der Waals surface area contributed by atoms with Crippen molar-refractivity contribution in [2.75, 3.05) is 19.8 Å². The monoisotopic (exact) mass is 290 g/mol. The summed E-state index contributed by atoms with van der Waals surface area (Å²) in [6, 6.07) is 1.57. The van der Waals surface area contributed by atoms with Gasteiger partial charge in [0.25, 0.3) is 0 Å². The lowest BCUT2D eigenvalue weighted by Gasteiger charge is -2.32. The molecule has 1 aliphatic rings.